The van der Waals surface area contributed by atoms with E-state index in [9.17, 15) is 14.1 Å². The molecule has 0 bridgehead atoms. The zero-order chi connectivity index (χ0) is 22.9. The van der Waals surface area contributed by atoms with Crippen LogP contribution in [0.2, 0.25) is 0 Å². The molecule has 2 aromatic rings. The molecule has 0 aliphatic rings. The number of hydrogen-bond donors (Lipinski definition) is 3. The van der Waals surface area contributed by atoms with Crippen molar-refractivity contribution in [2.45, 2.75) is 63.2 Å². The number of amides is 2. The number of nitrogens with one attached hydrogen (secondary N) is 1. The van der Waals surface area contributed by atoms with Crippen LogP contribution in [0.15, 0.2) is 32.2 Å². The maximum absolute atomic E-state index is 12.9. The Morgan fingerprint density at radius 1 is 1.23 bits per heavy atom. The van der Waals surface area contributed by atoms with Crippen molar-refractivity contribution in [3.8, 4) is 12.3 Å². The summed E-state index contributed by atoms with van der Waals surface area (Å²) in [6.07, 6.45) is 5.59. The standard InChI is InChI=1S/C22H29N3O3S2/c1-8-15-9-17(13(2)3)20(18(10-15)14(4)5)24-21(26)25-30(23,28)19-11-16(12-29-19)22(6,7)27/h1,9-14,27H,2-7H3,(H3,23,24,25,26,28). The van der Waals surface area contributed by atoms with Crippen LogP contribution in [0.4, 0.5) is 10.5 Å². The first-order chi connectivity index (χ1) is 13.8. The Hall–Kier alpha value is -2.18. The second-order valence-corrected chi connectivity index (χ2v) is 11.2. The molecule has 1 unspecified atom stereocenters. The molecule has 1 atom stereocenters. The number of carbonyl (C=O) groups excluding carboxylic acids is 1. The number of nitrogens with two attached hydrogens (primary N) is 1. The first kappa shape index (κ1) is 24.1. The monoisotopic (exact) mass is 447 g/mol. The van der Waals surface area contributed by atoms with Crippen LogP contribution in [-0.2, 0) is 15.5 Å². The fourth-order valence-corrected chi connectivity index (χ4v) is 5.19. The number of hydrogen-bond acceptors (Lipinski definition) is 4. The highest BCUT2D eigenvalue weighted by Gasteiger charge is 2.22. The number of thiophene rings is 1. The second kappa shape index (κ2) is 8.90. The fourth-order valence-electron chi connectivity index (χ4n) is 2.91. The first-order valence-electron chi connectivity index (χ1n) is 9.58. The summed E-state index contributed by atoms with van der Waals surface area (Å²) in [5, 5.41) is 20.4. The molecule has 0 aliphatic heterocycles. The van der Waals surface area contributed by atoms with Gasteiger partial charge in [0.25, 0.3) is 0 Å². The minimum Gasteiger partial charge on any atom is -0.386 e. The van der Waals surface area contributed by atoms with Crippen molar-refractivity contribution in [1.82, 2.24) is 0 Å². The zero-order valence-corrected chi connectivity index (χ0v) is 19.8. The van der Waals surface area contributed by atoms with Crippen molar-refractivity contribution in [1.29, 1.82) is 0 Å². The largest absolute Gasteiger partial charge is 0.386 e. The molecule has 30 heavy (non-hydrogen) atoms. The lowest BCUT2D eigenvalue weighted by molar-refractivity contribution is 0.0789. The predicted octanol–water partition coefficient (Wildman–Crippen LogP) is 5.14. The van der Waals surface area contributed by atoms with Crippen LogP contribution in [0, 0.1) is 12.3 Å². The van der Waals surface area contributed by atoms with Crippen LogP contribution >= 0.6 is 11.3 Å². The van der Waals surface area contributed by atoms with Crippen LogP contribution in [0.25, 0.3) is 0 Å². The summed E-state index contributed by atoms with van der Waals surface area (Å²) in [6, 6.07) is 4.45. The van der Waals surface area contributed by atoms with Gasteiger partial charge in [-0.1, -0.05) is 33.6 Å². The highest BCUT2D eigenvalue weighted by molar-refractivity contribution is 7.93. The zero-order valence-electron chi connectivity index (χ0n) is 18.1. The Bertz CT molecular complexity index is 1080. The molecule has 2 amide bonds. The van der Waals surface area contributed by atoms with Crippen molar-refractivity contribution < 1.29 is 14.1 Å². The van der Waals surface area contributed by atoms with E-state index in [1.807, 2.05) is 39.8 Å². The molecule has 2 rings (SSSR count). The Labute approximate surface area is 183 Å². The van der Waals surface area contributed by atoms with Gasteiger partial charge in [0, 0.05) is 11.3 Å². The van der Waals surface area contributed by atoms with Gasteiger partial charge in [0.2, 0.25) is 0 Å². The summed E-state index contributed by atoms with van der Waals surface area (Å²) in [6.45, 7) is 11.2. The van der Waals surface area contributed by atoms with Gasteiger partial charge in [-0.3, -0.25) is 0 Å². The van der Waals surface area contributed by atoms with Gasteiger partial charge in [-0.2, -0.15) is 0 Å². The fraction of sp³-hybridized carbons (Fsp3) is 0.409. The van der Waals surface area contributed by atoms with Gasteiger partial charge in [0.1, 0.15) is 4.21 Å². The number of terminal acetylenes is 1. The molecule has 0 radical (unpaired) electrons. The SMILES string of the molecule is C#Cc1cc(C(C)C)c(NC(=O)N=S(N)(=O)c2cc(C(C)(C)O)cs2)c(C(C)C)c1. The Morgan fingerprint density at radius 2 is 1.77 bits per heavy atom. The van der Waals surface area contributed by atoms with E-state index in [0.717, 1.165) is 28.0 Å². The van der Waals surface area contributed by atoms with Crippen molar-refractivity contribution in [2.24, 2.45) is 9.50 Å². The molecule has 1 aromatic carbocycles. The third-order valence-electron chi connectivity index (χ3n) is 4.63. The molecule has 162 valence electrons. The van der Waals surface area contributed by atoms with Crippen LogP contribution in [-0.4, -0.2) is 15.3 Å². The molecular formula is C22H29N3O3S2. The van der Waals surface area contributed by atoms with Gasteiger partial charge >= 0.3 is 6.03 Å². The number of anilines is 1. The van der Waals surface area contributed by atoms with Crippen LogP contribution in [0.3, 0.4) is 0 Å². The summed E-state index contributed by atoms with van der Waals surface area (Å²) in [7, 11) is -3.46. The van der Waals surface area contributed by atoms with Gasteiger partial charge in [0.15, 0.2) is 9.92 Å². The molecule has 4 N–H and O–H groups in total. The molecule has 0 spiro atoms. The topological polar surface area (TPSA) is 105 Å². The maximum atomic E-state index is 12.9. The number of nitrogens with zero attached hydrogens (tertiary/aromatic N) is 1. The van der Waals surface area contributed by atoms with Crippen molar-refractivity contribution in [2.75, 3.05) is 5.32 Å². The van der Waals surface area contributed by atoms with Gasteiger partial charge in [-0.05, 0) is 66.0 Å². The minimum atomic E-state index is -3.46. The summed E-state index contributed by atoms with van der Waals surface area (Å²) >= 11 is 1.10. The number of carbonyl (C=O) groups is 1. The lowest BCUT2D eigenvalue weighted by atomic mass is 9.90. The van der Waals surface area contributed by atoms with E-state index in [4.69, 9.17) is 11.6 Å². The van der Waals surface area contributed by atoms with Crippen molar-refractivity contribution in [3.05, 3.63) is 45.8 Å². The highest BCUT2D eigenvalue weighted by Crippen LogP contribution is 2.34. The van der Waals surface area contributed by atoms with E-state index in [1.54, 1.807) is 19.2 Å². The normalized spacial score (nSPS) is 13.8. The van der Waals surface area contributed by atoms with E-state index in [0.29, 0.717) is 11.3 Å². The quantitative estimate of drug-likeness (QED) is 0.553. The lowest BCUT2D eigenvalue weighted by Gasteiger charge is -2.20. The number of aliphatic hydroxyl groups is 1. The predicted molar refractivity (Wildman–Crippen MR) is 124 cm³/mol. The molecule has 0 fully saturated rings. The summed E-state index contributed by atoms with van der Waals surface area (Å²) < 4.78 is 16.9. The van der Waals surface area contributed by atoms with Crippen molar-refractivity contribution >= 4 is 33.0 Å². The van der Waals surface area contributed by atoms with E-state index < -0.39 is 21.5 Å². The van der Waals surface area contributed by atoms with Gasteiger partial charge in [0.05, 0.1) is 5.60 Å². The maximum Gasteiger partial charge on any atom is 0.354 e. The van der Waals surface area contributed by atoms with E-state index >= 15 is 0 Å². The van der Waals surface area contributed by atoms with Gasteiger partial charge in [-0.25, -0.2) is 14.1 Å². The molecule has 8 heteroatoms. The lowest BCUT2D eigenvalue weighted by Crippen LogP contribution is -2.19. The molecule has 1 heterocycles. The van der Waals surface area contributed by atoms with Gasteiger partial charge in [-0.15, -0.1) is 22.1 Å². The Kier molecular flexibility index (Phi) is 7.15. The van der Waals surface area contributed by atoms with Crippen LogP contribution < -0.4 is 10.5 Å². The molecule has 0 saturated heterocycles. The third-order valence-corrected chi connectivity index (χ3v) is 7.49. The van der Waals surface area contributed by atoms with E-state index in [2.05, 4.69) is 15.6 Å². The number of benzene rings is 1. The van der Waals surface area contributed by atoms with E-state index in [1.165, 1.54) is 6.07 Å². The summed E-state index contributed by atoms with van der Waals surface area (Å²) in [4.78, 5) is 12.7. The average molecular weight is 448 g/mol. The van der Waals surface area contributed by atoms with Crippen molar-refractivity contribution in [3.63, 3.8) is 0 Å². The highest BCUT2D eigenvalue weighted by atomic mass is 32.2. The average Bonchev–Trinajstić information content (AvgIpc) is 3.12. The minimum absolute atomic E-state index is 0.0972. The molecule has 0 saturated carbocycles. The summed E-state index contributed by atoms with van der Waals surface area (Å²) in [5.41, 5.74) is 2.56. The van der Waals surface area contributed by atoms with Crippen LogP contribution in [0.1, 0.15) is 75.6 Å². The van der Waals surface area contributed by atoms with Crippen LogP contribution in [0.5, 0.6) is 0 Å². The number of rotatable bonds is 5. The molecular weight excluding hydrogens is 418 g/mol. The second-order valence-electron chi connectivity index (χ2n) is 8.29. The molecule has 6 nitrogen and oxygen atoms in total. The first-order valence-corrected chi connectivity index (χ1v) is 12.0. The molecule has 0 aliphatic carbocycles. The smallest absolute Gasteiger partial charge is 0.354 e. The summed E-state index contributed by atoms with van der Waals surface area (Å²) in [5.74, 6) is 2.85. The van der Waals surface area contributed by atoms with E-state index in [-0.39, 0.29) is 16.0 Å². The number of urea groups is 1. The Balaban J connectivity index is 2.48. The Morgan fingerprint density at radius 3 is 2.17 bits per heavy atom. The molecule has 1 aromatic heterocycles. The van der Waals surface area contributed by atoms with Gasteiger partial charge < -0.3 is 10.4 Å². The third kappa shape index (κ3) is 5.49.